The molecule has 1 N–H and O–H groups in total. The van der Waals surface area contributed by atoms with E-state index in [0.717, 1.165) is 12.4 Å². The van der Waals surface area contributed by atoms with Crippen LogP contribution in [0.25, 0.3) is 0 Å². The maximum atomic E-state index is 13.4. The summed E-state index contributed by atoms with van der Waals surface area (Å²) in [4.78, 5) is 19.1. The van der Waals surface area contributed by atoms with E-state index in [-0.39, 0.29) is 28.0 Å². The van der Waals surface area contributed by atoms with Crippen LogP contribution >= 0.6 is 23.2 Å². The first-order valence-corrected chi connectivity index (χ1v) is 6.13. The molecule has 0 aliphatic rings. The summed E-state index contributed by atoms with van der Waals surface area (Å²) in [5, 5.41) is 2.27. The number of hydrogen-bond donors (Lipinski definition) is 1. The third kappa shape index (κ3) is 3.20. The normalized spacial score (nSPS) is 10.4. The molecule has 0 aliphatic heterocycles. The number of benzene rings is 1. The summed E-state index contributed by atoms with van der Waals surface area (Å²) >= 11 is 11.5. The third-order valence-electron chi connectivity index (χ3n) is 2.40. The molecule has 104 valence electrons. The molecule has 2 rings (SSSR count). The average Bonchev–Trinajstić information content (AvgIpc) is 2.39. The van der Waals surface area contributed by atoms with Crippen LogP contribution < -0.4 is 5.32 Å². The van der Waals surface area contributed by atoms with Gasteiger partial charge in [-0.15, -0.1) is 0 Å². The highest BCUT2D eigenvalue weighted by atomic mass is 35.5. The first kappa shape index (κ1) is 14.6. The van der Waals surface area contributed by atoms with Crippen LogP contribution in [0.4, 0.5) is 14.5 Å². The Kier molecular flexibility index (Phi) is 4.46. The molecule has 0 fully saturated rings. The SMILES string of the molecule is O=C(Cc1cccc(F)c1F)Nc1c(Cl)ncnc1Cl. The fourth-order valence-corrected chi connectivity index (χ4v) is 1.90. The molecule has 0 saturated heterocycles. The first-order valence-electron chi connectivity index (χ1n) is 5.37. The van der Waals surface area contributed by atoms with E-state index in [4.69, 9.17) is 23.2 Å². The van der Waals surface area contributed by atoms with E-state index in [2.05, 4.69) is 15.3 Å². The predicted molar refractivity (Wildman–Crippen MR) is 70.7 cm³/mol. The fourth-order valence-electron chi connectivity index (χ4n) is 1.49. The number of anilines is 1. The van der Waals surface area contributed by atoms with Crippen LogP contribution in [0.2, 0.25) is 10.3 Å². The average molecular weight is 318 g/mol. The predicted octanol–water partition coefficient (Wildman–Crippen LogP) is 3.24. The largest absolute Gasteiger partial charge is 0.321 e. The van der Waals surface area contributed by atoms with Crippen molar-refractivity contribution in [2.24, 2.45) is 0 Å². The molecule has 1 aromatic heterocycles. The van der Waals surface area contributed by atoms with E-state index in [0.29, 0.717) is 0 Å². The zero-order valence-corrected chi connectivity index (χ0v) is 11.3. The molecule has 0 aliphatic carbocycles. The smallest absolute Gasteiger partial charge is 0.229 e. The van der Waals surface area contributed by atoms with Crippen LogP contribution in [0, 0.1) is 11.6 Å². The van der Waals surface area contributed by atoms with Gasteiger partial charge in [0.2, 0.25) is 5.91 Å². The summed E-state index contributed by atoms with van der Waals surface area (Å²) in [6.07, 6.45) is 0.762. The number of carbonyl (C=O) groups is 1. The number of nitrogens with zero attached hydrogens (tertiary/aromatic N) is 2. The highest BCUT2D eigenvalue weighted by Gasteiger charge is 2.15. The summed E-state index contributed by atoms with van der Waals surface area (Å²) in [5.74, 6) is -2.70. The Morgan fingerprint density at radius 3 is 2.50 bits per heavy atom. The van der Waals surface area contributed by atoms with Crippen molar-refractivity contribution in [1.82, 2.24) is 9.97 Å². The molecule has 0 spiro atoms. The Morgan fingerprint density at radius 2 is 1.85 bits per heavy atom. The first-order chi connectivity index (χ1) is 9.49. The number of halogens is 4. The van der Waals surface area contributed by atoms with E-state index < -0.39 is 17.5 Å². The standard InChI is InChI=1S/C12H7Cl2F2N3O/c13-11-10(12(14)18-5-17-11)19-8(20)4-6-2-1-3-7(15)9(6)16/h1-3,5H,4H2,(H,19,20). The lowest BCUT2D eigenvalue weighted by Gasteiger charge is -2.08. The van der Waals surface area contributed by atoms with E-state index in [1.807, 2.05) is 0 Å². The zero-order valence-electron chi connectivity index (χ0n) is 9.83. The van der Waals surface area contributed by atoms with E-state index >= 15 is 0 Å². The summed E-state index contributed by atoms with van der Waals surface area (Å²) in [6, 6.07) is 3.59. The van der Waals surface area contributed by atoms with Crippen molar-refractivity contribution in [3.8, 4) is 0 Å². The van der Waals surface area contributed by atoms with Crippen LogP contribution in [0.5, 0.6) is 0 Å². The van der Waals surface area contributed by atoms with Crippen molar-refractivity contribution in [3.05, 3.63) is 52.0 Å². The number of nitrogens with one attached hydrogen (secondary N) is 1. The number of hydrogen-bond acceptors (Lipinski definition) is 3. The van der Waals surface area contributed by atoms with Crippen LogP contribution in [0.15, 0.2) is 24.5 Å². The minimum absolute atomic E-state index is 0.0256. The van der Waals surface area contributed by atoms with Crippen LogP contribution in [-0.2, 0) is 11.2 Å². The molecule has 8 heteroatoms. The van der Waals surface area contributed by atoms with Gasteiger partial charge < -0.3 is 5.32 Å². The van der Waals surface area contributed by atoms with Crippen LogP contribution in [-0.4, -0.2) is 15.9 Å². The van der Waals surface area contributed by atoms with Gasteiger partial charge in [-0.2, -0.15) is 0 Å². The molecule has 0 unspecified atom stereocenters. The molecule has 1 aromatic carbocycles. The molecular formula is C12H7Cl2F2N3O. The second-order valence-electron chi connectivity index (χ2n) is 3.77. The van der Waals surface area contributed by atoms with Crippen LogP contribution in [0.1, 0.15) is 5.56 Å². The monoisotopic (exact) mass is 317 g/mol. The van der Waals surface area contributed by atoms with Crippen molar-refractivity contribution in [3.63, 3.8) is 0 Å². The maximum Gasteiger partial charge on any atom is 0.229 e. The second kappa shape index (κ2) is 6.11. The number of rotatable bonds is 3. The molecule has 1 heterocycles. The summed E-state index contributed by atoms with van der Waals surface area (Å²) in [6.45, 7) is 0. The van der Waals surface area contributed by atoms with E-state index in [9.17, 15) is 13.6 Å². The lowest BCUT2D eigenvalue weighted by molar-refractivity contribution is -0.115. The Bertz CT molecular complexity index is 647. The minimum Gasteiger partial charge on any atom is -0.321 e. The highest BCUT2D eigenvalue weighted by Crippen LogP contribution is 2.25. The van der Waals surface area contributed by atoms with E-state index in [1.165, 1.54) is 12.1 Å². The Hall–Kier alpha value is -1.79. The fraction of sp³-hybridized carbons (Fsp3) is 0.0833. The molecule has 0 bridgehead atoms. The van der Waals surface area contributed by atoms with Gasteiger partial charge in [0.25, 0.3) is 0 Å². The van der Waals surface area contributed by atoms with Crippen molar-refractivity contribution < 1.29 is 13.6 Å². The summed E-state index contributed by atoms with van der Waals surface area (Å²) < 4.78 is 26.4. The highest BCUT2D eigenvalue weighted by molar-refractivity contribution is 6.38. The molecule has 0 atom stereocenters. The lowest BCUT2D eigenvalue weighted by Crippen LogP contribution is -2.16. The molecule has 20 heavy (non-hydrogen) atoms. The topological polar surface area (TPSA) is 54.9 Å². The molecule has 0 radical (unpaired) electrons. The van der Waals surface area contributed by atoms with Gasteiger partial charge in [0.15, 0.2) is 21.9 Å². The quantitative estimate of drug-likeness (QED) is 0.884. The lowest BCUT2D eigenvalue weighted by atomic mass is 10.1. The van der Waals surface area contributed by atoms with Gasteiger partial charge in [0.05, 0.1) is 6.42 Å². The Labute approximate surface area is 122 Å². The molecule has 2 aromatic rings. The van der Waals surface area contributed by atoms with Gasteiger partial charge in [0.1, 0.15) is 12.0 Å². The van der Waals surface area contributed by atoms with Gasteiger partial charge >= 0.3 is 0 Å². The summed E-state index contributed by atoms with van der Waals surface area (Å²) in [7, 11) is 0. The van der Waals surface area contributed by atoms with Gasteiger partial charge in [-0.3, -0.25) is 4.79 Å². The molecule has 0 saturated carbocycles. The van der Waals surface area contributed by atoms with Crippen molar-refractivity contribution in [2.45, 2.75) is 6.42 Å². The van der Waals surface area contributed by atoms with E-state index in [1.54, 1.807) is 0 Å². The summed E-state index contributed by atoms with van der Waals surface area (Å²) in [5.41, 5.74) is -0.0516. The molecule has 1 amide bonds. The Morgan fingerprint density at radius 1 is 1.20 bits per heavy atom. The Balaban J connectivity index is 2.16. The van der Waals surface area contributed by atoms with Crippen molar-refractivity contribution in [1.29, 1.82) is 0 Å². The zero-order chi connectivity index (χ0) is 14.7. The number of carbonyl (C=O) groups excluding carboxylic acids is 1. The maximum absolute atomic E-state index is 13.4. The van der Waals surface area contributed by atoms with Crippen molar-refractivity contribution in [2.75, 3.05) is 5.32 Å². The molecular weight excluding hydrogens is 311 g/mol. The van der Waals surface area contributed by atoms with Gasteiger partial charge in [-0.1, -0.05) is 35.3 Å². The molecule has 4 nitrogen and oxygen atoms in total. The van der Waals surface area contributed by atoms with Crippen molar-refractivity contribution >= 4 is 34.8 Å². The van der Waals surface area contributed by atoms with Gasteiger partial charge in [0, 0.05) is 5.56 Å². The third-order valence-corrected chi connectivity index (χ3v) is 2.97. The number of amides is 1. The minimum atomic E-state index is -1.07. The van der Waals surface area contributed by atoms with Gasteiger partial charge in [-0.05, 0) is 6.07 Å². The van der Waals surface area contributed by atoms with Gasteiger partial charge in [-0.25, -0.2) is 18.7 Å². The number of aromatic nitrogens is 2. The van der Waals surface area contributed by atoms with Crippen LogP contribution in [0.3, 0.4) is 0 Å². The second-order valence-corrected chi connectivity index (χ2v) is 4.48.